The van der Waals surface area contributed by atoms with Gasteiger partial charge in [0.1, 0.15) is 5.69 Å². The Morgan fingerprint density at radius 2 is 1.80 bits per heavy atom. The summed E-state index contributed by atoms with van der Waals surface area (Å²) in [5, 5.41) is 8.37. The second-order valence-electron chi connectivity index (χ2n) is 9.22. The second-order valence-corrected chi connectivity index (χ2v) is 9.63. The van der Waals surface area contributed by atoms with Gasteiger partial charge in [0.05, 0.1) is 42.4 Å². The predicted octanol–water partition coefficient (Wildman–Crippen LogP) is 3.40. The number of fused-ring (bicyclic) bond motifs is 1. The second kappa shape index (κ2) is 12.0. The van der Waals surface area contributed by atoms with Gasteiger partial charge in [0.2, 0.25) is 11.9 Å². The van der Waals surface area contributed by atoms with Crippen molar-refractivity contribution in [1.29, 1.82) is 0 Å². The molecule has 1 fully saturated rings. The van der Waals surface area contributed by atoms with Crippen molar-refractivity contribution in [3.8, 4) is 0 Å². The van der Waals surface area contributed by atoms with Crippen molar-refractivity contribution in [2.45, 2.75) is 12.3 Å². The number of aliphatic imine (C=N–C) groups is 1. The lowest BCUT2D eigenvalue weighted by Crippen LogP contribution is -2.48. The molecule has 2 aliphatic rings. The Labute approximate surface area is 238 Å². The monoisotopic (exact) mass is 582 g/mol. The Balaban J connectivity index is 1.32. The number of alkyl halides is 3. The van der Waals surface area contributed by atoms with E-state index >= 15 is 0 Å². The van der Waals surface area contributed by atoms with E-state index in [1.54, 1.807) is 17.0 Å². The summed E-state index contributed by atoms with van der Waals surface area (Å²) in [5.41, 5.74) is 1.68. The number of pyridine rings is 1. The number of halogens is 3. The number of hydrogen-bond acceptors (Lipinski definition) is 7. The number of thiocarbonyl (C=S) groups is 1. The van der Waals surface area contributed by atoms with Crippen LogP contribution in [0.1, 0.15) is 27.2 Å². The highest BCUT2D eigenvalue weighted by Gasteiger charge is 2.33. The van der Waals surface area contributed by atoms with Gasteiger partial charge in [-0.2, -0.15) is 13.2 Å². The van der Waals surface area contributed by atoms with Crippen LogP contribution < -0.4 is 20.9 Å². The zero-order valence-electron chi connectivity index (χ0n) is 21.6. The largest absolute Gasteiger partial charge is 0.417 e. The molecule has 41 heavy (non-hydrogen) atoms. The highest BCUT2D eigenvalue weighted by atomic mass is 32.1. The van der Waals surface area contributed by atoms with Gasteiger partial charge in [0.15, 0.2) is 5.11 Å². The standard InChI is InChI=1S/C28H25F3N6O3S/c29-28(30,31)18-14-21(37-10-12-40-13-11-37)24(32-15-18)22(38)16-33-27(41)36-25-26(39)34-20-9-5-4-8-19(20)23(35-25)17-6-2-1-3-7-17/h1-9,14-15,25H,10-13,16H2,(H,34,39)(H2,33,36,41). The first-order chi connectivity index (χ1) is 19.7. The number of hydrogen-bond donors (Lipinski definition) is 3. The first kappa shape index (κ1) is 28.2. The molecule has 1 atom stereocenters. The Kier molecular flexibility index (Phi) is 8.26. The summed E-state index contributed by atoms with van der Waals surface area (Å²) in [6, 6.07) is 17.5. The Bertz CT molecular complexity index is 1490. The number of amides is 1. The van der Waals surface area contributed by atoms with E-state index in [9.17, 15) is 22.8 Å². The minimum Gasteiger partial charge on any atom is -0.378 e. The molecule has 0 saturated carbocycles. The minimum absolute atomic E-state index is 0.0412. The molecule has 3 N–H and O–H groups in total. The molecule has 1 saturated heterocycles. The molecule has 3 heterocycles. The first-order valence-corrected chi connectivity index (χ1v) is 13.1. The van der Waals surface area contributed by atoms with Gasteiger partial charge >= 0.3 is 6.18 Å². The van der Waals surface area contributed by atoms with Crippen LogP contribution in [0.25, 0.3) is 0 Å². The SMILES string of the molecule is O=C(CNC(=S)NC1N=C(c2ccccc2)c2ccccc2NC1=O)c1ncc(C(F)(F)F)cc1N1CCOCC1. The molecule has 2 aromatic carbocycles. The number of carbonyl (C=O) groups excluding carboxylic acids is 2. The number of carbonyl (C=O) groups is 2. The average Bonchev–Trinajstić information content (AvgIpc) is 3.12. The number of ketones is 1. The molecular formula is C28H25F3N6O3S. The highest BCUT2D eigenvalue weighted by Crippen LogP contribution is 2.33. The maximum Gasteiger partial charge on any atom is 0.417 e. The van der Waals surface area contributed by atoms with Crippen LogP contribution in [0.3, 0.4) is 0 Å². The van der Waals surface area contributed by atoms with Crippen molar-refractivity contribution >= 4 is 46.1 Å². The molecule has 13 heteroatoms. The summed E-state index contributed by atoms with van der Waals surface area (Å²) in [6.45, 7) is 0.893. The van der Waals surface area contributed by atoms with Crippen molar-refractivity contribution in [3.05, 3.63) is 89.2 Å². The van der Waals surface area contributed by atoms with Crippen molar-refractivity contribution in [2.24, 2.45) is 4.99 Å². The summed E-state index contributed by atoms with van der Waals surface area (Å²) >= 11 is 5.35. The van der Waals surface area contributed by atoms with Gasteiger partial charge in [-0.25, -0.2) is 4.99 Å². The number of nitrogens with one attached hydrogen (secondary N) is 3. The molecule has 0 aliphatic carbocycles. The molecular weight excluding hydrogens is 557 g/mol. The fraction of sp³-hybridized carbons (Fsp3) is 0.250. The summed E-state index contributed by atoms with van der Waals surface area (Å²) in [7, 11) is 0. The van der Waals surface area contributed by atoms with Gasteiger partial charge in [-0.1, -0.05) is 48.5 Å². The number of rotatable bonds is 6. The van der Waals surface area contributed by atoms with Gasteiger partial charge in [-0.3, -0.25) is 14.6 Å². The summed E-state index contributed by atoms with van der Waals surface area (Å²) in [5.74, 6) is -1.03. The van der Waals surface area contributed by atoms with E-state index in [1.807, 2.05) is 42.5 Å². The number of ether oxygens (including phenoxy) is 1. The third kappa shape index (κ3) is 6.52. The summed E-state index contributed by atoms with van der Waals surface area (Å²) in [6.07, 6.45) is -5.10. The molecule has 5 rings (SSSR count). The van der Waals surface area contributed by atoms with E-state index in [0.717, 1.165) is 17.2 Å². The maximum atomic E-state index is 13.4. The third-order valence-corrected chi connectivity index (χ3v) is 6.74. The fourth-order valence-electron chi connectivity index (χ4n) is 4.47. The number of aromatic nitrogens is 1. The van der Waals surface area contributed by atoms with Gasteiger partial charge in [-0.05, 0) is 24.4 Å². The van der Waals surface area contributed by atoms with E-state index in [-0.39, 0.29) is 23.0 Å². The quantitative estimate of drug-likeness (QED) is 0.300. The first-order valence-electron chi connectivity index (χ1n) is 12.7. The van der Waals surface area contributed by atoms with Crippen LogP contribution >= 0.6 is 12.2 Å². The highest BCUT2D eigenvalue weighted by molar-refractivity contribution is 7.80. The molecule has 9 nitrogen and oxygen atoms in total. The lowest BCUT2D eigenvalue weighted by Gasteiger charge is -2.30. The average molecular weight is 583 g/mol. The van der Waals surface area contributed by atoms with Gasteiger partial charge in [-0.15, -0.1) is 0 Å². The lowest BCUT2D eigenvalue weighted by molar-refractivity contribution is -0.137. The van der Waals surface area contributed by atoms with Crippen molar-refractivity contribution in [2.75, 3.05) is 43.1 Å². The summed E-state index contributed by atoms with van der Waals surface area (Å²) in [4.78, 5) is 36.3. The number of morpholine rings is 1. The van der Waals surface area contributed by atoms with Crippen molar-refractivity contribution < 1.29 is 27.5 Å². The summed E-state index contributed by atoms with van der Waals surface area (Å²) < 4.78 is 45.4. The third-order valence-electron chi connectivity index (χ3n) is 6.48. The minimum atomic E-state index is -4.61. The van der Waals surface area contributed by atoms with Crippen LogP contribution in [0.5, 0.6) is 0 Å². The number of benzodiazepines with no additional fused rings is 1. The zero-order valence-corrected chi connectivity index (χ0v) is 22.4. The van der Waals surface area contributed by atoms with Crippen LogP contribution in [-0.4, -0.2) is 66.5 Å². The van der Waals surface area contributed by atoms with Crippen LogP contribution in [-0.2, 0) is 15.7 Å². The number of para-hydroxylation sites is 1. The molecule has 2 aliphatic heterocycles. The van der Waals surface area contributed by atoms with Gasteiger partial charge in [0.25, 0.3) is 5.91 Å². The fourth-order valence-corrected chi connectivity index (χ4v) is 4.65. The molecule has 1 unspecified atom stereocenters. The van der Waals surface area contributed by atoms with Gasteiger partial charge in [0, 0.05) is 30.4 Å². The lowest BCUT2D eigenvalue weighted by atomic mass is 10.0. The van der Waals surface area contributed by atoms with Crippen LogP contribution in [0.4, 0.5) is 24.5 Å². The molecule has 1 amide bonds. The molecule has 1 aromatic heterocycles. The van der Waals surface area contributed by atoms with E-state index in [1.165, 1.54) is 0 Å². The molecule has 212 valence electrons. The van der Waals surface area contributed by atoms with Crippen molar-refractivity contribution in [1.82, 2.24) is 15.6 Å². The van der Waals surface area contributed by atoms with Crippen LogP contribution in [0.2, 0.25) is 0 Å². The molecule has 0 spiro atoms. The number of anilines is 2. The molecule has 3 aromatic rings. The predicted molar refractivity (Wildman–Crippen MR) is 151 cm³/mol. The Hall–Kier alpha value is -4.36. The number of Topliss-reactive ketones (excluding diaryl/α,β-unsaturated/α-hetero) is 1. The van der Waals surface area contributed by atoms with Gasteiger partial charge < -0.3 is 25.6 Å². The topological polar surface area (TPSA) is 108 Å². The van der Waals surface area contributed by atoms with E-state index in [2.05, 4.69) is 25.9 Å². The Morgan fingerprint density at radius 1 is 1.10 bits per heavy atom. The molecule has 0 bridgehead atoms. The van der Waals surface area contributed by atoms with E-state index in [0.29, 0.717) is 43.9 Å². The zero-order chi connectivity index (χ0) is 29.0. The van der Waals surface area contributed by atoms with E-state index in [4.69, 9.17) is 17.0 Å². The number of nitrogens with zero attached hydrogens (tertiary/aromatic N) is 3. The maximum absolute atomic E-state index is 13.4. The Morgan fingerprint density at radius 3 is 2.54 bits per heavy atom. The van der Waals surface area contributed by atoms with Crippen LogP contribution in [0.15, 0.2) is 71.9 Å². The normalized spacial score (nSPS) is 17.0. The number of benzene rings is 2. The van der Waals surface area contributed by atoms with Crippen LogP contribution in [0, 0.1) is 0 Å². The smallest absolute Gasteiger partial charge is 0.378 e. The van der Waals surface area contributed by atoms with Crippen molar-refractivity contribution in [3.63, 3.8) is 0 Å². The van der Waals surface area contributed by atoms with E-state index < -0.39 is 29.6 Å². The molecule has 0 radical (unpaired) electrons.